The molecule has 2 aromatic rings. The van der Waals surface area contributed by atoms with Gasteiger partial charge in [-0.15, -0.1) is 0 Å². The topological polar surface area (TPSA) is 86.2 Å². The molecule has 1 saturated carbocycles. The van der Waals surface area contributed by atoms with Crippen molar-refractivity contribution in [3.8, 4) is 0 Å². The first kappa shape index (κ1) is 16.7. The first-order valence-corrected chi connectivity index (χ1v) is 9.62. The first-order chi connectivity index (χ1) is 10.6. The van der Waals surface area contributed by atoms with Crippen LogP contribution in [0.3, 0.4) is 0 Å². The van der Waals surface area contributed by atoms with E-state index in [4.69, 9.17) is 21.8 Å². The molecule has 0 spiro atoms. The smallest absolute Gasteiger partial charge is 0.200 e. The van der Waals surface area contributed by atoms with Crippen LogP contribution in [0.1, 0.15) is 45.9 Å². The number of fused-ring (bicyclic) bond motifs is 1. The molecule has 1 fully saturated rings. The van der Waals surface area contributed by atoms with Crippen LogP contribution in [0.5, 0.6) is 0 Å². The summed E-state index contributed by atoms with van der Waals surface area (Å²) < 4.78 is 31.9. The number of halogens is 1. The van der Waals surface area contributed by atoms with E-state index >= 15 is 0 Å². The lowest BCUT2D eigenvalue weighted by Crippen LogP contribution is -2.22. The normalized spacial score (nSPS) is 22.8. The molecule has 1 aliphatic rings. The summed E-state index contributed by atoms with van der Waals surface area (Å²) in [5.41, 5.74) is 6.33. The van der Waals surface area contributed by atoms with Crippen molar-refractivity contribution in [3.05, 3.63) is 23.0 Å². The van der Waals surface area contributed by atoms with E-state index in [1.54, 1.807) is 12.1 Å². The Hall–Kier alpha value is -1.11. The van der Waals surface area contributed by atoms with Crippen LogP contribution in [0.4, 0.5) is 0 Å². The molecule has 0 amide bonds. The first-order valence-electron chi connectivity index (χ1n) is 7.69. The number of rotatable bonds is 2. The molecule has 0 bridgehead atoms. The van der Waals surface area contributed by atoms with E-state index in [1.165, 1.54) is 0 Å². The minimum absolute atomic E-state index is 0.0544. The van der Waals surface area contributed by atoms with Crippen molar-refractivity contribution in [1.82, 2.24) is 4.98 Å². The van der Waals surface area contributed by atoms with E-state index in [-0.39, 0.29) is 27.0 Å². The van der Waals surface area contributed by atoms with E-state index in [1.807, 2.05) is 20.8 Å². The third-order valence-electron chi connectivity index (χ3n) is 4.25. The quantitative estimate of drug-likeness (QED) is 0.890. The Morgan fingerprint density at radius 3 is 2.57 bits per heavy atom. The molecular weight excluding hydrogens is 336 g/mol. The number of oxazole rings is 1. The summed E-state index contributed by atoms with van der Waals surface area (Å²) in [5, 5.41) is -0.335. The number of hydrogen-bond acceptors (Lipinski definition) is 5. The van der Waals surface area contributed by atoms with Crippen molar-refractivity contribution < 1.29 is 12.8 Å². The van der Waals surface area contributed by atoms with Gasteiger partial charge in [-0.2, -0.15) is 0 Å². The molecule has 3 rings (SSSR count). The fourth-order valence-electron chi connectivity index (χ4n) is 2.95. The largest absolute Gasteiger partial charge is 0.439 e. The molecule has 23 heavy (non-hydrogen) atoms. The van der Waals surface area contributed by atoms with Gasteiger partial charge in [0.2, 0.25) is 5.89 Å². The summed E-state index contributed by atoms with van der Waals surface area (Å²) in [4.78, 5) is 4.48. The zero-order chi connectivity index (χ0) is 17.0. The van der Waals surface area contributed by atoms with Gasteiger partial charge in [0.25, 0.3) is 0 Å². The predicted octanol–water partition coefficient (Wildman–Crippen LogP) is 3.43. The van der Waals surface area contributed by atoms with Gasteiger partial charge >= 0.3 is 0 Å². The Bertz CT molecular complexity index is 852. The minimum Gasteiger partial charge on any atom is -0.439 e. The van der Waals surface area contributed by atoms with E-state index < -0.39 is 15.1 Å². The zero-order valence-corrected chi connectivity index (χ0v) is 15.0. The second-order valence-corrected chi connectivity index (χ2v) is 9.81. The molecule has 0 radical (unpaired) electrons. The predicted molar refractivity (Wildman–Crippen MR) is 90.5 cm³/mol. The number of aromatic nitrogens is 1. The lowest BCUT2D eigenvalue weighted by atomic mass is 9.97. The van der Waals surface area contributed by atoms with Gasteiger partial charge in [-0.25, -0.2) is 13.4 Å². The summed E-state index contributed by atoms with van der Waals surface area (Å²) >= 11 is 6.23. The van der Waals surface area contributed by atoms with Crippen LogP contribution >= 0.6 is 11.6 Å². The highest BCUT2D eigenvalue weighted by molar-refractivity contribution is 7.92. The van der Waals surface area contributed by atoms with Crippen molar-refractivity contribution in [2.75, 3.05) is 0 Å². The van der Waals surface area contributed by atoms with Crippen LogP contribution in [0, 0.1) is 0 Å². The van der Waals surface area contributed by atoms with Crippen LogP contribution in [0.2, 0.25) is 5.02 Å². The molecule has 1 aliphatic carbocycles. The summed E-state index contributed by atoms with van der Waals surface area (Å²) in [7, 11) is -3.61. The van der Waals surface area contributed by atoms with Gasteiger partial charge in [0, 0.05) is 11.5 Å². The standard InChI is InChI=1S/C16H21ClN2O3S/c1-16(2,3)15-19-12-7-6-11(17)14(13(12)22-15)23(20,21)10-5-4-9(18)8-10/h6-7,9-10H,4-5,8,18H2,1-3H3/t9-,10+/m0/s1. The molecule has 0 aliphatic heterocycles. The van der Waals surface area contributed by atoms with Crippen LogP contribution in [0.15, 0.2) is 21.4 Å². The lowest BCUT2D eigenvalue weighted by Gasteiger charge is -2.13. The van der Waals surface area contributed by atoms with E-state index in [0.29, 0.717) is 30.7 Å². The summed E-state index contributed by atoms with van der Waals surface area (Å²) in [6.45, 7) is 5.89. The third-order valence-corrected chi connectivity index (χ3v) is 6.96. The van der Waals surface area contributed by atoms with E-state index in [9.17, 15) is 8.42 Å². The maximum Gasteiger partial charge on any atom is 0.200 e. The lowest BCUT2D eigenvalue weighted by molar-refractivity contribution is 0.408. The van der Waals surface area contributed by atoms with Crippen molar-refractivity contribution in [2.24, 2.45) is 5.73 Å². The summed E-state index contributed by atoms with van der Waals surface area (Å²) in [6.07, 6.45) is 1.72. The maximum atomic E-state index is 13.0. The Kier molecular flexibility index (Phi) is 3.98. The molecular formula is C16H21ClN2O3S. The number of nitrogens with zero attached hydrogens (tertiary/aromatic N) is 1. The van der Waals surface area contributed by atoms with Crippen LogP contribution in [0.25, 0.3) is 11.1 Å². The minimum atomic E-state index is -3.61. The molecule has 0 unspecified atom stereocenters. The number of hydrogen-bond donors (Lipinski definition) is 1. The highest BCUT2D eigenvalue weighted by atomic mass is 35.5. The highest BCUT2D eigenvalue weighted by Crippen LogP contribution is 2.38. The van der Waals surface area contributed by atoms with Gasteiger partial charge < -0.3 is 10.2 Å². The van der Waals surface area contributed by atoms with Crippen LogP contribution in [-0.4, -0.2) is 24.7 Å². The molecule has 5 nitrogen and oxygen atoms in total. The van der Waals surface area contributed by atoms with Gasteiger partial charge in [-0.1, -0.05) is 32.4 Å². The molecule has 1 heterocycles. The summed E-state index contributed by atoms with van der Waals surface area (Å²) in [6, 6.07) is 3.18. The monoisotopic (exact) mass is 356 g/mol. The number of nitrogens with two attached hydrogens (primary N) is 1. The highest BCUT2D eigenvalue weighted by Gasteiger charge is 2.37. The molecule has 126 valence electrons. The van der Waals surface area contributed by atoms with Gasteiger partial charge in [0.05, 0.1) is 10.3 Å². The molecule has 1 aromatic heterocycles. The molecule has 7 heteroatoms. The van der Waals surface area contributed by atoms with Crippen molar-refractivity contribution >= 4 is 32.5 Å². The Morgan fingerprint density at radius 2 is 2.00 bits per heavy atom. The van der Waals surface area contributed by atoms with Gasteiger partial charge in [-0.05, 0) is 31.4 Å². The second-order valence-electron chi connectivity index (χ2n) is 7.23. The van der Waals surface area contributed by atoms with Crippen molar-refractivity contribution in [1.29, 1.82) is 0 Å². The Labute approximate surface area is 141 Å². The molecule has 0 saturated heterocycles. The molecule has 2 atom stereocenters. The van der Waals surface area contributed by atoms with Gasteiger partial charge in [0.15, 0.2) is 15.4 Å². The van der Waals surface area contributed by atoms with Gasteiger partial charge in [0.1, 0.15) is 10.4 Å². The van der Waals surface area contributed by atoms with Gasteiger partial charge in [-0.3, -0.25) is 0 Å². The average Bonchev–Trinajstić information content (AvgIpc) is 3.03. The van der Waals surface area contributed by atoms with Crippen LogP contribution in [-0.2, 0) is 15.3 Å². The zero-order valence-electron chi connectivity index (χ0n) is 13.5. The van der Waals surface area contributed by atoms with Crippen LogP contribution < -0.4 is 5.73 Å². The SMILES string of the molecule is CC(C)(C)c1nc2ccc(Cl)c(S(=O)(=O)[C@@H]3CC[C@H](N)C3)c2o1. The fraction of sp³-hybridized carbons (Fsp3) is 0.562. The average molecular weight is 357 g/mol. The van der Waals surface area contributed by atoms with E-state index in [2.05, 4.69) is 4.98 Å². The fourth-order valence-corrected chi connectivity index (χ4v) is 5.45. The molecule has 2 N–H and O–H groups in total. The third kappa shape index (κ3) is 2.88. The van der Waals surface area contributed by atoms with Crippen molar-refractivity contribution in [3.63, 3.8) is 0 Å². The van der Waals surface area contributed by atoms with E-state index in [0.717, 1.165) is 0 Å². The summed E-state index contributed by atoms with van der Waals surface area (Å²) in [5.74, 6) is 0.495. The number of benzene rings is 1. The Morgan fingerprint density at radius 1 is 1.30 bits per heavy atom. The number of sulfone groups is 1. The second kappa shape index (κ2) is 5.46. The van der Waals surface area contributed by atoms with Crippen molar-refractivity contribution in [2.45, 2.75) is 61.6 Å². The maximum absolute atomic E-state index is 13.0. The molecule has 1 aromatic carbocycles. The Balaban J connectivity index is 2.20.